The first-order valence-electron chi connectivity index (χ1n) is 6.93. The van der Waals surface area contributed by atoms with E-state index < -0.39 is 0 Å². The molecule has 0 fully saturated rings. The standard InChI is InChI=1S/C16H21ClN2S2/c1-12(10-20-3)19(2)9-13-6-4-5-7-15(13)16-18-14(8-17)11-21-16/h4-7,11-12H,8-10H2,1-3H3. The van der Waals surface area contributed by atoms with Crippen LogP contribution in [0.1, 0.15) is 18.2 Å². The number of nitrogens with zero attached hydrogens (tertiary/aromatic N) is 2. The maximum absolute atomic E-state index is 5.86. The van der Waals surface area contributed by atoms with Crippen molar-refractivity contribution in [3.8, 4) is 10.6 Å². The Hall–Kier alpha value is -0.550. The molecule has 0 aliphatic rings. The first kappa shape index (κ1) is 16.8. The van der Waals surface area contributed by atoms with Crippen LogP contribution in [0.4, 0.5) is 0 Å². The number of benzene rings is 1. The highest BCUT2D eigenvalue weighted by Crippen LogP contribution is 2.28. The van der Waals surface area contributed by atoms with Gasteiger partial charge in [-0.1, -0.05) is 24.3 Å². The molecular weight excluding hydrogens is 320 g/mol. The molecule has 0 amide bonds. The summed E-state index contributed by atoms with van der Waals surface area (Å²) in [4.78, 5) is 7.01. The number of thioether (sulfide) groups is 1. The molecule has 0 spiro atoms. The number of thiazole rings is 1. The molecule has 0 bridgehead atoms. The fourth-order valence-corrected chi connectivity index (χ4v) is 4.00. The maximum Gasteiger partial charge on any atom is 0.123 e. The Morgan fingerprint density at radius 1 is 1.38 bits per heavy atom. The van der Waals surface area contributed by atoms with Gasteiger partial charge in [0.05, 0.1) is 11.6 Å². The molecule has 1 heterocycles. The summed E-state index contributed by atoms with van der Waals surface area (Å²) in [5.74, 6) is 1.62. The number of alkyl halides is 1. The summed E-state index contributed by atoms with van der Waals surface area (Å²) in [7, 11) is 2.18. The molecule has 1 aromatic carbocycles. The van der Waals surface area contributed by atoms with Crippen molar-refractivity contribution >= 4 is 34.7 Å². The highest BCUT2D eigenvalue weighted by Gasteiger charge is 2.13. The van der Waals surface area contributed by atoms with Crippen LogP contribution < -0.4 is 0 Å². The minimum absolute atomic E-state index is 0.476. The van der Waals surface area contributed by atoms with Crippen molar-refractivity contribution in [2.24, 2.45) is 0 Å². The summed E-state index contributed by atoms with van der Waals surface area (Å²) in [6, 6.07) is 9.08. The van der Waals surface area contributed by atoms with Crippen molar-refractivity contribution in [2.45, 2.75) is 25.4 Å². The third-order valence-corrected chi connectivity index (χ3v) is 5.53. The second-order valence-corrected chi connectivity index (χ2v) is 7.19. The molecule has 5 heteroatoms. The molecule has 1 aromatic heterocycles. The number of rotatable bonds is 7. The minimum Gasteiger partial charge on any atom is -0.299 e. The summed E-state index contributed by atoms with van der Waals surface area (Å²) in [5, 5.41) is 3.10. The normalized spacial score (nSPS) is 12.8. The van der Waals surface area contributed by atoms with Gasteiger partial charge in [0.15, 0.2) is 0 Å². The third kappa shape index (κ3) is 4.46. The van der Waals surface area contributed by atoms with Gasteiger partial charge >= 0.3 is 0 Å². The first-order chi connectivity index (χ1) is 10.2. The summed E-state index contributed by atoms with van der Waals surface area (Å²) < 4.78 is 0. The fourth-order valence-electron chi connectivity index (χ4n) is 2.15. The zero-order valence-corrected chi connectivity index (χ0v) is 15.1. The van der Waals surface area contributed by atoms with Crippen molar-refractivity contribution < 1.29 is 0 Å². The van der Waals surface area contributed by atoms with E-state index in [1.54, 1.807) is 11.3 Å². The molecule has 0 saturated carbocycles. The molecule has 0 aliphatic carbocycles. The van der Waals surface area contributed by atoms with Crippen LogP contribution >= 0.6 is 34.7 Å². The molecule has 0 radical (unpaired) electrons. The van der Waals surface area contributed by atoms with Crippen LogP contribution in [-0.4, -0.2) is 35.0 Å². The molecule has 1 unspecified atom stereocenters. The van der Waals surface area contributed by atoms with Gasteiger partial charge in [-0.25, -0.2) is 4.98 Å². The van der Waals surface area contributed by atoms with Crippen molar-refractivity contribution in [1.29, 1.82) is 0 Å². The predicted octanol–water partition coefficient (Wildman–Crippen LogP) is 4.73. The van der Waals surface area contributed by atoms with E-state index in [0.29, 0.717) is 11.9 Å². The van der Waals surface area contributed by atoms with E-state index in [9.17, 15) is 0 Å². The maximum atomic E-state index is 5.86. The average molecular weight is 341 g/mol. The number of hydrogen-bond acceptors (Lipinski definition) is 4. The predicted molar refractivity (Wildman–Crippen MR) is 96.4 cm³/mol. The molecule has 1 atom stereocenters. The van der Waals surface area contributed by atoms with Crippen LogP contribution in [0, 0.1) is 0 Å². The van der Waals surface area contributed by atoms with Crippen LogP contribution in [0.15, 0.2) is 29.6 Å². The van der Waals surface area contributed by atoms with Crippen molar-refractivity contribution in [3.63, 3.8) is 0 Å². The Balaban J connectivity index is 2.20. The summed E-state index contributed by atoms with van der Waals surface area (Å²) in [6.45, 7) is 3.21. The van der Waals surface area contributed by atoms with Gasteiger partial charge in [0.2, 0.25) is 0 Å². The van der Waals surface area contributed by atoms with Crippen molar-refractivity contribution in [2.75, 3.05) is 19.1 Å². The molecule has 0 saturated heterocycles. The largest absolute Gasteiger partial charge is 0.299 e. The van der Waals surface area contributed by atoms with E-state index >= 15 is 0 Å². The third-order valence-electron chi connectivity index (χ3n) is 3.52. The molecule has 2 aromatic rings. The molecule has 0 aliphatic heterocycles. The van der Waals surface area contributed by atoms with E-state index in [2.05, 4.69) is 54.4 Å². The lowest BCUT2D eigenvalue weighted by atomic mass is 10.1. The monoisotopic (exact) mass is 340 g/mol. The van der Waals surface area contributed by atoms with Gasteiger partial charge < -0.3 is 0 Å². The number of hydrogen-bond donors (Lipinski definition) is 0. The van der Waals surface area contributed by atoms with Gasteiger partial charge in [-0.3, -0.25) is 4.90 Å². The summed E-state index contributed by atoms with van der Waals surface area (Å²) >= 11 is 9.42. The van der Waals surface area contributed by atoms with Crippen molar-refractivity contribution in [3.05, 3.63) is 40.9 Å². The molecule has 21 heavy (non-hydrogen) atoms. The Kier molecular flexibility index (Phi) is 6.55. The lowest BCUT2D eigenvalue weighted by molar-refractivity contribution is 0.270. The topological polar surface area (TPSA) is 16.1 Å². The van der Waals surface area contributed by atoms with Gasteiger partial charge in [-0.2, -0.15) is 11.8 Å². The van der Waals surface area contributed by atoms with Gasteiger partial charge in [0.1, 0.15) is 5.01 Å². The van der Waals surface area contributed by atoms with Gasteiger partial charge in [0.25, 0.3) is 0 Å². The lowest BCUT2D eigenvalue weighted by Crippen LogP contribution is -2.30. The summed E-state index contributed by atoms with van der Waals surface area (Å²) in [5.41, 5.74) is 3.50. The lowest BCUT2D eigenvalue weighted by Gasteiger charge is -2.24. The Morgan fingerprint density at radius 2 is 2.14 bits per heavy atom. The smallest absolute Gasteiger partial charge is 0.123 e. The molecule has 2 rings (SSSR count). The summed E-state index contributed by atoms with van der Waals surface area (Å²) in [6.07, 6.45) is 2.15. The molecule has 2 nitrogen and oxygen atoms in total. The fraction of sp³-hybridized carbons (Fsp3) is 0.438. The van der Waals surface area contributed by atoms with Crippen LogP contribution in [-0.2, 0) is 12.4 Å². The van der Waals surface area contributed by atoms with E-state index in [1.165, 1.54) is 11.1 Å². The van der Waals surface area contributed by atoms with Crippen LogP contribution in [0.2, 0.25) is 0 Å². The zero-order chi connectivity index (χ0) is 15.2. The highest BCUT2D eigenvalue weighted by atomic mass is 35.5. The van der Waals surface area contributed by atoms with Crippen molar-refractivity contribution in [1.82, 2.24) is 9.88 Å². The molecule has 114 valence electrons. The van der Waals surface area contributed by atoms with Crippen LogP contribution in [0.25, 0.3) is 10.6 Å². The first-order valence-corrected chi connectivity index (χ1v) is 9.74. The Bertz CT molecular complexity index is 571. The second kappa shape index (κ2) is 8.18. The van der Waals surface area contributed by atoms with E-state index in [4.69, 9.17) is 11.6 Å². The average Bonchev–Trinajstić information content (AvgIpc) is 2.97. The van der Waals surface area contributed by atoms with Crippen LogP contribution in [0.3, 0.4) is 0 Å². The van der Waals surface area contributed by atoms with Gasteiger partial charge in [0, 0.05) is 29.3 Å². The molecule has 0 N–H and O–H groups in total. The second-order valence-electron chi connectivity index (χ2n) is 5.15. The molecular formula is C16H21ClN2S2. The highest BCUT2D eigenvalue weighted by molar-refractivity contribution is 7.98. The minimum atomic E-state index is 0.476. The zero-order valence-electron chi connectivity index (χ0n) is 12.7. The number of aromatic nitrogens is 1. The van der Waals surface area contributed by atoms with Gasteiger partial charge in [-0.05, 0) is 25.8 Å². The quantitative estimate of drug-likeness (QED) is 0.678. The van der Waals surface area contributed by atoms with Gasteiger partial charge in [-0.15, -0.1) is 22.9 Å². The Labute approximate surface area is 140 Å². The van der Waals surface area contributed by atoms with E-state index in [-0.39, 0.29) is 0 Å². The Morgan fingerprint density at radius 3 is 2.81 bits per heavy atom. The number of halogens is 1. The van der Waals surface area contributed by atoms with Crippen LogP contribution in [0.5, 0.6) is 0 Å². The van der Waals surface area contributed by atoms with E-state index in [1.807, 2.05) is 17.1 Å². The van der Waals surface area contributed by atoms with E-state index in [0.717, 1.165) is 23.0 Å². The SMILES string of the molecule is CSCC(C)N(C)Cc1ccccc1-c1nc(CCl)cs1.